The number of aromatic nitrogens is 2. The molecule has 1 atom stereocenters. The summed E-state index contributed by atoms with van der Waals surface area (Å²) in [6.45, 7) is 5.83. The predicted octanol–water partition coefficient (Wildman–Crippen LogP) is 1.70. The summed E-state index contributed by atoms with van der Waals surface area (Å²) in [6.07, 6.45) is 8.02. The summed E-state index contributed by atoms with van der Waals surface area (Å²) in [7, 11) is 0. The van der Waals surface area contributed by atoms with Crippen molar-refractivity contribution in [2.45, 2.75) is 38.5 Å². The molecule has 0 spiro atoms. The van der Waals surface area contributed by atoms with Gasteiger partial charge in [-0.2, -0.15) is 4.98 Å². The third-order valence-electron chi connectivity index (χ3n) is 4.80. The number of nitrogens with two attached hydrogens (primary N) is 1. The molecule has 0 bridgehead atoms. The lowest BCUT2D eigenvalue weighted by atomic mass is 9.77. The van der Waals surface area contributed by atoms with Gasteiger partial charge in [0.15, 0.2) is 0 Å². The Labute approximate surface area is 125 Å². The van der Waals surface area contributed by atoms with Gasteiger partial charge in [-0.3, -0.25) is 0 Å². The van der Waals surface area contributed by atoms with Gasteiger partial charge in [-0.25, -0.2) is 4.98 Å². The maximum atomic E-state index is 9.85. The van der Waals surface area contributed by atoms with Crippen LogP contribution in [0, 0.1) is 5.41 Å². The normalized spacial score (nSPS) is 24.9. The average molecular weight is 288 g/mol. The number of nitrogen functional groups attached to an aromatic ring is 1. The van der Waals surface area contributed by atoms with Crippen LogP contribution in [0.1, 0.15) is 36.9 Å². The van der Waals surface area contributed by atoms with Crippen LogP contribution in [0.3, 0.4) is 0 Å². The first-order valence-electron chi connectivity index (χ1n) is 7.79. The van der Waals surface area contributed by atoms with Gasteiger partial charge in [0.05, 0.1) is 12.3 Å². The van der Waals surface area contributed by atoms with Gasteiger partial charge in [0, 0.05) is 24.1 Å². The summed E-state index contributed by atoms with van der Waals surface area (Å²) in [5.41, 5.74) is 8.16. The number of hydrogen-bond acceptors (Lipinski definition) is 5. The zero-order valence-corrected chi connectivity index (χ0v) is 12.5. The average Bonchev–Trinajstić information content (AvgIpc) is 2.95. The van der Waals surface area contributed by atoms with E-state index in [1.807, 2.05) is 6.08 Å². The summed E-state index contributed by atoms with van der Waals surface area (Å²) >= 11 is 0. The zero-order valence-electron chi connectivity index (χ0n) is 12.5. The molecule has 1 saturated heterocycles. The van der Waals surface area contributed by atoms with Crippen molar-refractivity contribution in [1.82, 2.24) is 9.97 Å². The fraction of sp³-hybridized carbons (Fsp3) is 0.625. The number of piperidine rings is 1. The van der Waals surface area contributed by atoms with Crippen LogP contribution in [-0.2, 0) is 12.8 Å². The third-order valence-corrected chi connectivity index (χ3v) is 4.80. The van der Waals surface area contributed by atoms with Crippen molar-refractivity contribution < 1.29 is 5.11 Å². The number of aliphatic hydroxyl groups is 1. The highest BCUT2D eigenvalue weighted by Crippen LogP contribution is 2.38. The van der Waals surface area contributed by atoms with Crippen molar-refractivity contribution >= 4 is 11.8 Å². The van der Waals surface area contributed by atoms with Crippen molar-refractivity contribution in [3.63, 3.8) is 0 Å². The predicted molar refractivity (Wildman–Crippen MR) is 84.2 cm³/mol. The Balaban J connectivity index is 1.92. The molecule has 0 aromatic carbocycles. The molecular weight excluding hydrogens is 264 g/mol. The lowest BCUT2D eigenvalue weighted by molar-refractivity contribution is 0.108. The number of hydrogen-bond donors (Lipinski definition) is 2. The van der Waals surface area contributed by atoms with Crippen molar-refractivity contribution in [2.75, 3.05) is 30.3 Å². The number of rotatable bonds is 4. The minimum atomic E-state index is -0.0921. The van der Waals surface area contributed by atoms with Crippen LogP contribution in [0.15, 0.2) is 12.7 Å². The molecule has 0 saturated carbocycles. The fourth-order valence-electron chi connectivity index (χ4n) is 3.75. The maximum absolute atomic E-state index is 9.85. The van der Waals surface area contributed by atoms with Crippen molar-refractivity contribution in [1.29, 1.82) is 0 Å². The van der Waals surface area contributed by atoms with Gasteiger partial charge in [0.25, 0.3) is 0 Å². The van der Waals surface area contributed by atoms with E-state index in [1.165, 1.54) is 5.56 Å². The van der Waals surface area contributed by atoms with Gasteiger partial charge in [0.2, 0.25) is 5.95 Å². The summed E-state index contributed by atoms with van der Waals surface area (Å²) in [4.78, 5) is 11.2. The molecule has 0 unspecified atom stereocenters. The Morgan fingerprint density at radius 1 is 1.33 bits per heavy atom. The molecule has 0 amide bonds. The minimum Gasteiger partial charge on any atom is -0.396 e. The monoisotopic (exact) mass is 288 g/mol. The molecule has 1 aromatic rings. The number of fused-ring (bicyclic) bond motifs is 1. The van der Waals surface area contributed by atoms with E-state index in [1.54, 1.807) is 0 Å². The molecular formula is C16H24N4O. The smallest absolute Gasteiger partial charge is 0.222 e. The molecule has 5 nitrogen and oxygen atoms in total. The fourth-order valence-corrected chi connectivity index (χ4v) is 3.75. The molecule has 114 valence electrons. The van der Waals surface area contributed by atoms with Crippen molar-refractivity contribution in [3.05, 3.63) is 23.9 Å². The second-order valence-corrected chi connectivity index (χ2v) is 6.36. The van der Waals surface area contributed by atoms with Gasteiger partial charge in [-0.1, -0.05) is 6.08 Å². The second-order valence-electron chi connectivity index (χ2n) is 6.36. The highest BCUT2D eigenvalue weighted by molar-refractivity contribution is 5.54. The van der Waals surface area contributed by atoms with Gasteiger partial charge in [0.1, 0.15) is 5.82 Å². The van der Waals surface area contributed by atoms with Gasteiger partial charge in [-0.15, -0.1) is 6.58 Å². The molecule has 1 aliphatic carbocycles. The van der Waals surface area contributed by atoms with Crippen LogP contribution in [0.4, 0.5) is 11.8 Å². The molecule has 21 heavy (non-hydrogen) atoms. The summed E-state index contributed by atoms with van der Waals surface area (Å²) < 4.78 is 0. The number of allylic oxidation sites excluding steroid dienone is 1. The first-order valence-corrected chi connectivity index (χ1v) is 7.79. The maximum Gasteiger partial charge on any atom is 0.222 e. The van der Waals surface area contributed by atoms with E-state index in [4.69, 9.17) is 5.73 Å². The highest BCUT2D eigenvalue weighted by Gasteiger charge is 2.36. The van der Waals surface area contributed by atoms with Gasteiger partial charge >= 0.3 is 0 Å². The first kappa shape index (κ1) is 14.3. The lowest BCUT2D eigenvalue weighted by Crippen LogP contribution is -2.46. The second kappa shape index (κ2) is 5.64. The molecule has 2 aliphatic rings. The minimum absolute atomic E-state index is 0.0921. The van der Waals surface area contributed by atoms with E-state index in [0.717, 1.165) is 63.1 Å². The molecule has 5 heteroatoms. The number of anilines is 2. The molecule has 0 radical (unpaired) electrons. The van der Waals surface area contributed by atoms with Crippen LogP contribution >= 0.6 is 0 Å². The molecule has 3 N–H and O–H groups in total. The SMILES string of the molecule is C=CC[C@@]1(CO)CCCN(c2nc(N)nc3c2CCC3)C1. The molecule has 1 aliphatic heterocycles. The number of nitrogens with zero attached hydrogens (tertiary/aromatic N) is 3. The van der Waals surface area contributed by atoms with Crippen LogP contribution in [-0.4, -0.2) is 34.8 Å². The quantitative estimate of drug-likeness (QED) is 0.825. The summed E-state index contributed by atoms with van der Waals surface area (Å²) in [5, 5.41) is 9.85. The van der Waals surface area contributed by atoms with Gasteiger partial charge in [-0.05, 0) is 38.5 Å². The van der Waals surface area contributed by atoms with E-state index in [2.05, 4.69) is 21.4 Å². The Morgan fingerprint density at radius 3 is 2.95 bits per heavy atom. The topological polar surface area (TPSA) is 75.3 Å². The van der Waals surface area contributed by atoms with Crippen LogP contribution in [0.25, 0.3) is 0 Å². The standard InChI is InChI=1S/C16H24N4O/c1-2-7-16(11-21)8-4-9-20(10-16)14-12-5-3-6-13(12)18-15(17)19-14/h2,21H,1,3-11H2,(H2,17,18,19)/t16-/m1/s1. The Bertz CT molecular complexity index is 545. The largest absolute Gasteiger partial charge is 0.396 e. The first-order chi connectivity index (χ1) is 10.2. The lowest BCUT2D eigenvalue weighted by Gasteiger charge is -2.42. The Hall–Kier alpha value is -1.62. The van der Waals surface area contributed by atoms with Crippen molar-refractivity contribution in [2.24, 2.45) is 5.41 Å². The van der Waals surface area contributed by atoms with E-state index >= 15 is 0 Å². The highest BCUT2D eigenvalue weighted by atomic mass is 16.3. The van der Waals surface area contributed by atoms with Gasteiger partial charge < -0.3 is 15.7 Å². The molecule has 1 fully saturated rings. The van der Waals surface area contributed by atoms with E-state index in [-0.39, 0.29) is 12.0 Å². The number of aliphatic hydroxyl groups excluding tert-OH is 1. The van der Waals surface area contributed by atoms with Crippen LogP contribution < -0.4 is 10.6 Å². The third kappa shape index (κ3) is 2.62. The Kier molecular flexibility index (Phi) is 3.85. The molecule has 3 rings (SSSR count). The summed E-state index contributed by atoms with van der Waals surface area (Å²) in [5.74, 6) is 1.37. The van der Waals surface area contributed by atoms with E-state index < -0.39 is 0 Å². The van der Waals surface area contributed by atoms with E-state index in [9.17, 15) is 5.11 Å². The molecule has 2 heterocycles. The van der Waals surface area contributed by atoms with Crippen LogP contribution in [0.5, 0.6) is 0 Å². The molecule has 1 aromatic heterocycles. The van der Waals surface area contributed by atoms with Crippen LogP contribution in [0.2, 0.25) is 0 Å². The summed E-state index contributed by atoms with van der Waals surface area (Å²) in [6, 6.07) is 0. The Morgan fingerprint density at radius 2 is 2.19 bits per heavy atom. The van der Waals surface area contributed by atoms with E-state index in [0.29, 0.717) is 5.95 Å². The zero-order chi connectivity index (χ0) is 14.9. The number of aryl methyl sites for hydroxylation is 1. The van der Waals surface area contributed by atoms with Crippen molar-refractivity contribution in [3.8, 4) is 0 Å².